The molecule has 0 atom stereocenters. The maximum absolute atomic E-state index is 12.5. The predicted molar refractivity (Wildman–Crippen MR) is 80.6 cm³/mol. The average Bonchev–Trinajstić information content (AvgIpc) is 2.41. The first-order chi connectivity index (χ1) is 9.15. The van der Waals surface area contributed by atoms with Gasteiger partial charge in [0.25, 0.3) is 0 Å². The van der Waals surface area contributed by atoms with Gasteiger partial charge in [-0.2, -0.15) is 0 Å². The van der Waals surface area contributed by atoms with Gasteiger partial charge in [-0.25, -0.2) is 0 Å². The van der Waals surface area contributed by atoms with Gasteiger partial charge in [-0.3, -0.25) is 4.79 Å². The molecule has 4 heteroatoms. The number of halogens is 2. The fourth-order valence-electron chi connectivity index (χ4n) is 1.93. The summed E-state index contributed by atoms with van der Waals surface area (Å²) in [4.78, 5) is 12.5. The Morgan fingerprint density at radius 3 is 2.53 bits per heavy atom. The van der Waals surface area contributed by atoms with Gasteiger partial charge in [0.2, 0.25) is 5.43 Å². The average molecular weight is 336 g/mol. The zero-order valence-corrected chi connectivity index (χ0v) is 12.0. The van der Waals surface area contributed by atoms with Gasteiger partial charge in [0.1, 0.15) is 11.8 Å². The molecule has 0 saturated carbocycles. The van der Waals surface area contributed by atoms with Crippen molar-refractivity contribution in [2.75, 3.05) is 0 Å². The summed E-state index contributed by atoms with van der Waals surface area (Å²) < 4.78 is 6.36. The lowest BCUT2D eigenvalue weighted by molar-refractivity contribution is 0.604. The van der Waals surface area contributed by atoms with Crippen molar-refractivity contribution in [3.8, 4) is 11.1 Å². The molecular weight excluding hydrogens is 328 g/mol. The highest BCUT2D eigenvalue weighted by atomic mass is 79.9. The minimum Gasteiger partial charge on any atom is -0.463 e. The molecule has 0 amide bonds. The quantitative estimate of drug-likeness (QED) is 0.634. The molecule has 1 heterocycles. The largest absolute Gasteiger partial charge is 0.463 e. The number of hydrogen-bond acceptors (Lipinski definition) is 2. The van der Waals surface area contributed by atoms with Gasteiger partial charge >= 0.3 is 0 Å². The number of rotatable bonds is 1. The van der Waals surface area contributed by atoms with E-state index in [-0.39, 0.29) is 5.43 Å². The molecular formula is C15H8BrClO2. The molecule has 0 bridgehead atoms. The molecule has 94 valence electrons. The highest BCUT2D eigenvalue weighted by molar-refractivity contribution is 9.10. The third-order valence-corrected chi connectivity index (χ3v) is 3.64. The Hall–Kier alpha value is -1.58. The lowest BCUT2D eigenvalue weighted by Gasteiger charge is -2.03. The molecule has 2 aromatic carbocycles. The second kappa shape index (κ2) is 4.83. The van der Waals surface area contributed by atoms with Crippen molar-refractivity contribution in [3.63, 3.8) is 0 Å². The van der Waals surface area contributed by atoms with Gasteiger partial charge in [-0.05, 0) is 35.9 Å². The molecule has 3 aromatic rings. The van der Waals surface area contributed by atoms with Crippen LogP contribution in [0.15, 0.2) is 62.4 Å². The fraction of sp³-hybridized carbons (Fsp3) is 0. The third kappa shape index (κ3) is 2.31. The topological polar surface area (TPSA) is 30.2 Å². The van der Waals surface area contributed by atoms with E-state index in [2.05, 4.69) is 15.9 Å². The Bertz CT molecular complexity index is 806. The summed E-state index contributed by atoms with van der Waals surface area (Å²) in [6.45, 7) is 0. The first kappa shape index (κ1) is 12.5. The van der Waals surface area contributed by atoms with Crippen molar-refractivity contribution in [2.45, 2.75) is 0 Å². The van der Waals surface area contributed by atoms with E-state index in [9.17, 15) is 4.79 Å². The molecule has 0 aliphatic heterocycles. The SMILES string of the molecule is O=c1c(-c2ccc(Cl)cc2)coc2ccc(Br)cc12. The van der Waals surface area contributed by atoms with Crippen molar-refractivity contribution >= 4 is 38.5 Å². The Kier molecular flexibility index (Phi) is 3.17. The van der Waals surface area contributed by atoms with Gasteiger partial charge in [0.15, 0.2) is 0 Å². The summed E-state index contributed by atoms with van der Waals surface area (Å²) in [7, 11) is 0. The Balaban J connectivity index is 2.28. The van der Waals surface area contributed by atoms with Crippen LogP contribution in [0.1, 0.15) is 0 Å². The highest BCUT2D eigenvalue weighted by Crippen LogP contribution is 2.23. The summed E-state index contributed by atoms with van der Waals surface area (Å²) in [6, 6.07) is 12.5. The molecule has 19 heavy (non-hydrogen) atoms. The second-order valence-electron chi connectivity index (χ2n) is 4.13. The van der Waals surface area contributed by atoms with Crippen LogP contribution in [-0.2, 0) is 0 Å². The van der Waals surface area contributed by atoms with E-state index >= 15 is 0 Å². The maximum atomic E-state index is 12.5. The fourth-order valence-corrected chi connectivity index (χ4v) is 2.42. The molecule has 3 rings (SSSR count). The lowest BCUT2D eigenvalue weighted by atomic mass is 10.1. The van der Waals surface area contributed by atoms with E-state index in [1.54, 1.807) is 36.4 Å². The zero-order valence-electron chi connectivity index (χ0n) is 9.69. The van der Waals surface area contributed by atoms with Crippen molar-refractivity contribution in [1.82, 2.24) is 0 Å². The molecule has 0 aliphatic carbocycles. The van der Waals surface area contributed by atoms with E-state index in [0.29, 0.717) is 21.6 Å². The maximum Gasteiger partial charge on any atom is 0.200 e. The predicted octanol–water partition coefficient (Wildman–Crippen LogP) is 4.88. The van der Waals surface area contributed by atoms with Crippen molar-refractivity contribution in [1.29, 1.82) is 0 Å². The van der Waals surface area contributed by atoms with Crippen LogP contribution in [0.5, 0.6) is 0 Å². The zero-order chi connectivity index (χ0) is 13.4. The van der Waals surface area contributed by atoms with E-state index in [0.717, 1.165) is 10.0 Å². The van der Waals surface area contributed by atoms with E-state index in [4.69, 9.17) is 16.0 Å². The van der Waals surface area contributed by atoms with E-state index in [1.165, 1.54) is 6.26 Å². The summed E-state index contributed by atoms with van der Waals surface area (Å²) in [5.41, 5.74) is 1.85. The van der Waals surface area contributed by atoms with Crippen LogP contribution in [0.4, 0.5) is 0 Å². The monoisotopic (exact) mass is 334 g/mol. The summed E-state index contributed by atoms with van der Waals surface area (Å²) in [5, 5.41) is 1.19. The molecule has 1 aromatic heterocycles. The van der Waals surface area contributed by atoms with E-state index in [1.807, 2.05) is 6.07 Å². The first-order valence-corrected chi connectivity index (χ1v) is 6.79. The molecule has 0 radical (unpaired) electrons. The minimum absolute atomic E-state index is 0.0510. The normalized spacial score (nSPS) is 10.8. The number of hydrogen-bond donors (Lipinski definition) is 0. The third-order valence-electron chi connectivity index (χ3n) is 2.89. The van der Waals surface area contributed by atoms with Gasteiger partial charge < -0.3 is 4.42 Å². The second-order valence-corrected chi connectivity index (χ2v) is 5.48. The number of benzene rings is 2. The highest BCUT2D eigenvalue weighted by Gasteiger charge is 2.09. The lowest BCUT2D eigenvalue weighted by Crippen LogP contribution is -2.04. The van der Waals surface area contributed by atoms with Crippen LogP contribution in [0.2, 0.25) is 5.02 Å². The molecule has 0 aliphatic rings. The Morgan fingerprint density at radius 1 is 1.05 bits per heavy atom. The standard InChI is InChI=1S/C15H8BrClO2/c16-10-3-6-14-12(7-10)15(18)13(8-19-14)9-1-4-11(17)5-2-9/h1-8H. The van der Waals surface area contributed by atoms with Gasteiger partial charge in [0.05, 0.1) is 10.9 Å². The van der Waals surface area contributed by atoms with Crippen molar-refractivity contribution in [2.24, 2.45) is 0 Å². The summed E-state index contributed by atoms with van der Waals surface area (Å²) >= 11 is 9.21. The Labute approximate surface area is 122 Å². The molecule has 0 N–H and O–H groups in total. The van der Waals surface area contributed by atoms with Crippen LogP contribution < -0.4 is 5.43 Å². The molecule has 0 saturated heterocycles. The van der Waals surface area contributed by atoms with Gasteiger partial charge in [-0.15, -0.1) is 0 Å². The van der Waals surface area contributed by atoms with Gasteiger partial charge in [0, 0.05) is 9.50 Å². The molecule has 2 nitrogen and oxygen atoms in total. The minimum atomic E-state index is -0.0510. The van der Waals surface area contributed by atoms with E-state index < -0.39 is 0 Å². The Morgan fingerprint density at radius 2 is 1.79 bits per heavy atom. The van der Waals surface area contributed by atoms with Crippen LogP contribution in [-0.4, -0.2) is 0 Å². The van der Waals surface area contributed by atoms with Crippen LogP contribution in [0, 0.1) is 0 Å². The number of fused-ring (bicyclic) bond motifs is 1. The molecule has 0 spiro atoms. The van der Waals surface area contributed by atoms with Crippen LogP contribution in [0.3, 0.4) is 0 Å². The molecule has 0 fully saturated rings. The van der Waals surface area contributed by atoms with Crippen LogP contribution >= 0.6 is 27.5 Å². The summed E-state index contributed by atoms with van der Waals surface area (Å²) in [6.07, 6.45) is 1.49. The van der Waals surface area contributed by atoms with Crippen molar-refractivity contribution < 1.29 is 4.42 Å². The smallest absolute Gasteiger partial charge is 0.200 e. The van der Waals surface area contributed by atoms with Gasteiger partial charge in [-0.1, -0.05) is 39.7 Å². The first-order valence-electron chi connectivity index (χ1n) is 5.62. The molecule has 0 unspecified atom stereocenters. The summed E-state index contributed by atoms with van der Waals surface area (Å²) in [5.74, 6) is 0. The van der Waals surface area contributed by atoms with Crippen LogP contribution in [0.25, 0.3) is 22.1 Å². The van der Waals surface area contributed by atoms with Crippen molar-refractivity contribution in [3.05, 3.63) is 68.4 Å².